The zero-order valence-electron chi connectivity index (χ0n) is 12.8. The number of aliphatic carboxylic acids is 1. The van der Waals surface area contributed by atoms with Crippen molar-refractivity contribution in [1.29, 1.82) is 0 Å². The van der Waals surface area contributed by atoms with Crippen LogP contribution in [-0.4, -0.2) is 36.3 Å². The molecule has 0 aliphatic heterocycles. The lowest BCUT2D eigenvalue weighted by atomic mass is 10.3. The SMILES string of the molecule is CCCCn1c(NCC(=O)O)nc2c1c(=O)n(C)c(=O)n2C. The molecule has 0 bridgehead atoms. The van der Waals surface area contributed by atoms with E-state index < -0.39 is 17.2 Å². The van der Waals surface area contributed by atoms with Crippen molar-refractivity contribution >= 4 is 23.1 Å². The Hall–Kier alpha value is -2.58. The molecule has 9 nitrogen and oxygen atoms in total. The van der Waals surface area contributed by atoms with Gasteiger partial charge in [0.25, 0.3) is 5.56 Å². The van der Waals surface area contributed by atoms with Gasteiger partial charge in [-0.1, -0.05) is 13.3 Å². The number of unbranched alkanes of at least 4 members (excludes halogenated alkanes) is 1. The first kappa shape index (κ1) is 15.8. The number of hydrogen-bond donors (Lipinski definition) is 2. The molecule has 0 radical (unpaired) electrons. The van der Waals surface area contributed by atoms with Crippen LogP contribution in [0.5, 0.6) is 0 Å². The highest BCUT2D eigenvalue weighted by molar-refractivity contribution is 5.76. The molecule has 0 amide bonds. The molecule has 0 atom stereocenters. The Bertz CT molecular complexity index is 830. The van der Waals surface area contributed by atoms with Crippen LogP contribution in [-0.2, 0) is 25.4 Å². The quantitative estimate of drug-likeness (QED) is 0.760. The molecule has 22 heavy (non-hydrogen) atoms. The fourth-order valence-corrected chi connectivity index (χ4v) is 2.27. The third-order valence-electron chi connectivity index (χ3n) is 3.48. The molecule has 0 aliphatic rings. The highest BCUT2D eigenvalue weighted by Crippen LogP contribution is 2.16. The molecule has 0 saturated carbocycles. The second kappa shape index (κ2) is 6.04. The van der Waals surface area contributed by atoms with Gasteiger partial charge in [-0.2, -0.15) is 4.98 Å². The summed E-state index contributed by atoms with van der Waals surface area (Å²) in [5.74, 6) is -0.750. The number of aromatic nitrogens is 4. The number of carboxylic acids is 1. The number of imidazole rings is 1. The lowest BCUT2D eigenvalue weighted by Gasteiger charge is -2.09. The maximum atomic E-state index is 12.4. The Kier molecular flexibility index (Phi) is 4.34. The summed E-state index contributed by atoms with van der Waals surface area (Å²) >= 11 is 0. The fraction of sp³-hybridized carbons (Fsp3) is 0.538. The number of hydrogen-bond acceptors (Lipinski definition) is 5. The maximum absolute atomic E-state index is 12.4. The Morgan fingerprint density at radius 1 is 1.27 bits per heavy atom. The van der Waals surface area contributed by atoms with E-state index in [9.17, 15) is 14.4 Å². The third-order valence-corrected chi connectivity index (χ3v) is 3.48. The zero-order valence-corrected chi connectivity index (χ0v) is 12.8. The van der Waals surface area contributed by atoms with Gasteiger partial charge >= 0.3 is 11.7 Å². The van der Waals surface area contributed by atoms with Crippen LogP contribution in [0.2, 0.25) is 0 Å². The van der Waals surface area contributed by atoms with Crippen molar-refractivity contribution in [2.75, 3.05) is 11.9 Å². The molecular weight excluding hydrogens is 290 g/mol. The van der Waals surface area contributed by atoms with E-state index in [0.29, 0.717) is 12.1 Å². The number of nitrogens with one attached hydrogen (secondary N) is 1. The minimum atomic E-state index is -1.03. The first-order chi connectivity index (χ1) is 10.4. The van der Waals surface area contributed by atoms with E-state index >= 15 is 0 Å². The van der Waals surface area contributed by atoms with Crippen LogP contribution in [0.25, 0.3) is 11.2 Å². The summed E-state index contributed by atoms with van der Waals surface area (Å²) in [7, 11) is 2.94. The Balaban J connectivity index is 2.71. The molecule has 120 valence electrons. The number of carbonyl (C=O) groups is 1. The second-order valence-corrected chi connectivity index (χ2v) is 5.07. The summed E-state index contributed by atoms with van der Waals surface area (Å²) < 4.78 is 3.95. The van der Waals surface area contributed by atoms with E-state index in [2.05, 4.69) is 10.3 Å². The van der Waals surface area contributed by atoms with Crippen molar-refractivity contribution in [3.63, 3.8) is 0 Å². The zero-order chi connectivity index (χ0) is 16.4. The van der Waals surface area contributed by atoms with Gasteiger partial charge in [0.05, 0.1) is 0 Å². The van der Waals surface area contributed by atoms with Gasteiger partial charge in [-0.15, -0.1) is 0 Å². The van der Waals surface area contributed by atoms with Gasteiger partial charge in [-0.05, 0) is 6.42 Å². The van der Waals surface area contributed by atoms with E-state index in [-0.39, 0.29) is 18.1 Å². The summed E-state index contributed by atoms with van der Waals surface area (Å²) in [6.07, 6.45) is 1.71. The van der Waals surface area contributed by atoms with Crippen molar-refractivity contribution in [3.05, 3.63) is 20.8 Å². The summed E-state index contributed by atoms with van der Waals surface area (Å²) in [6.45, 7) is 2.21. The van der Waals surface area contributed by atoms with Gasteiger partial charge in [-0.25, -0.2) is 4.79 Å². The molecule has 0 aliphatic carbocycles. The van der Waals surface area contributed by atoms with Crippen LogP contribution in [0.3, 0.4) is 0 Å². The number of aryl methyl sites for hydroxylation is 2. The Labute approximate surface area is 125 Å². The van der Waals surface area contributed by atoms with E-state index in [1.54, 1.807) is 4.57 Å². The van der Waals surface area contributed by atoms with E-state index in [1.165, 1.54) is 18.7 Å². The molecule has 0 aromatic carbocycles. The number of nitrogens with zero attached hydrogens (tertiary/aromatic N) is 4. The lowest BCUT2D eigenvalue weighted by Crippen LogP contribution is -2.37. The molecule has 9 heteroatoms. The largest absolute Gasteiger partial charge is 0.480 e. The molecule has 2 aromatic rings. The molecule has 2 rings (SSSR count). The molecule has 0 unspecified atom stereocenters. The van der Waals surface area contributed by atoms with Crippen LogP contribution in [0.15, 0.2) is 9.59 Å². The first-order valence-corrected chi connectivity index (χ1v) is 7.00. The minimum Gasteiger partial charge on any atom is -0.480 e. The number of fused-ring (bicyclic) bond motifs is 1. The van der Waals surface area contributed by atoms with Gasteiger partial charge in [0.1, 0.15) is 6.54 Å². The van der Waals surface area contributed by atoms with Crippen molar-refractivity contribution in [2.45, 2.75) is 26.3 Å². The average molecular weight is 309 g/mol. The van der Waals surface area contributed by atoms with Crippen molar-refractivity contribution in [2.24, 2.45) is 14.1 Å². The fourth-order valence-electron chi connectivity index (χ4n) is 2.27. The van der Waals surface area contributed by atoms with Crippen LogP contribution >= 0.6 is 0 Å². The highest BCUT2D eigenvalue weighted by Gasteiger charge is 2.18. The highest BCUT2D eigenvalue weighted by atomic mass is 16.4. The summed E-state index contributed by atoms with van der Waals surface area (Å²) in [5.41, 5.74) is -0.365. The topological polar surface area (TPSA) is 111 Å². The number of anilines is 1. The lowest BCUT2D eigenvalue weighted by molar-refractivity contribution is -0.134. The normalized spacial score (nSPS) is 11.0. The van der Waals surface area contributed by atoms with E-state index in [0.717, 1.165) is 17.4 Å². The second-order valence-electron chi connectivity index (χ2n) is 5.07. The molecule has 2 N–H and O–H groups in total. The summed E-state index contributed by atoms with van der Waals surface area (Å²) in [5, 5.41) is 11.5. The predicted molar refractivity (Wildman–Crippen MR) is 81.2 cm³/mol. The predicted octanol–water partition coefficient (Wildman–Crippen LogP) is -0.270. The Morgan fingerprint density at radius 2 is 1.95 bits per heavy atom. The van der Waals surface area contributed by atoms with Crippen molar-refractivity contribution in [1.82, 2.24) is 18.7 Å². The van der Waals surface area contributed by atoms with Crippen molar-refractivity contribution < 1.29 is 9.90 Å². The minimum absolute atomic E-state index is 0.247. The van der Waals surface area contributed by atoms with Gasteiger partial charge < -0.3 is 15.0 Å². The average Bonchev–Trinajstić information content (AvgIpc) is 2.85. The molecular formula is C13H19N5O4. The van der Waals surface area contributed by atoms with Crippen LogP contribution in [0.1, 0.15) is 19.8 Å². The Morgan fingerprint density at radius 3 is 2.55 bits per heavy atom. The van der Waals surface area contributed by atoms with Gasteiger partial charge in [0.2, 0.25) is 5.95 Å². The van der Waals surface area contributed by atoms with Gasteiger partial charge in [0.15, 0.2) is 11.2 Å². The molecule has 2 heterocycles. The molecule has 0 saturated heterocycles. The molecule has 2 aromatic heterocycles. The van der Waals surface area contributed by atoms with Crippen LogP contribution < -0.4 is 16.6 Å². The van der Waals surface area contributed by atoms with E-state index in [1.807, 2.05) is 6.92 Å². The monoisotopic (exact) mass is 309 g/mol. The number of rotatable bonds is 6. The standard InChI is InChI=1S/C13H19N5O4/c1-4-5-6-18-9-10(15-12(18)14-7-8(19)20)16(2)13(22)17(3)11(9)21/h4-7H2,1-3H3,(H,14,15)(H,19,20). The maximum Gasteiger partial charge on any atom is 0.332 e. The first-order valence-electron chi connectivity index (χ1n) is 7.00. The molecule has 0 fully saturated rings. The molecule has 0 spiro atoms. The van der Waals surface area contributed by atoms with Gasteiger partial charge in [-0.3, -0.25) is 18.7 Å². The summed E-state index contributed by atoms with van der Waals surface area (Å²) in [6, 6.07) is 0. The summed E-state index contributed by atoms with van der Waals surface area (Å²) in [4.78, 5) is 39.3. The third kappa shape index (κ3) is 2.61. The number of carboxylic acid groups (broad SMARTS) is 1. The van der Waals surface area contributed by atoms with E-state index in [4.69, 9.17) is 5.11 Å². The smallest absolute Gasteiger partial charge is 0.332 e. The van der Waals surface area contributed by atoms with Crippen molar-refractivity contribution in [3.8, 4) is 0 Å². The van der Waals surface area contributed by atoms with Crippen LogP contribution in [0.4, 0.5) is 5.95 Å². The van der Waals surface area contributed by atoms with Gasteiger partial charge in [0, 0.05) is 20.6 Å². The van der Waals surface area contributed by atoms with Crippen LogP contribution in [0, 0.1) is 0 Å².